The van der Waals surface area contributed by atoms with Crippen LogP contribution in [0.4, 0.5) is 0 Å². The third-order valence-electron chi connectivity index (χ3n) is 6.84. The van der Waals surface area contributed by atoms with E-state index in [2.05, 4.69) is 6.92 Å². The van der Waals surface area contributed by atoms with Gasteiger partial charge in [0.15, 0.2) is 0 Å². The Morgan fingerprint density at radius 1 is 0.775 bits per heavy atom. The molecule has 4 aromatic rings. The van der Waals surface area contributed by atoms with E-state index in [0.717, 1.165) is 28.9 Å². The molecule has 1 N–H and O–H groups in total. The van der Waals surface area contributed by atoms with Crippen LogP contribution in [-0.4, -0.2) is 24.8 Å². The average molecular weight is 586 g/mol. The van der Waals surface area contributed by atoms with Crippen LogP contribution in [0.3, 0.4) is 0 Å². The molecule has 4 aromatic carbocycles. The van der Waals surface area contributed by atoms with E-state index in [1.54, 1.807) is 19.2 Å². The standard InChI is InChI=1S/C19H22O4.C14H13O.Co.O/c1-14(21)23-18-10-6-16(7-11-18)19(2,12-3-13-20)15-4-8-17(22)9-5-15;1-15-14-9-7-13(8-10-14)11-12-5-3-2-4-6-12;;/h4-11,20,22H,3,12-13H2,1-2H3;3-10H,11H2,1H3;;/q;;+1;/p-1. The van der Waals surface area contributed by atoms with Crippen LogP contribution in [-0.2, 0) is 34.4 Å². The number of esters is 1. The number of hydrogen-bond acceptors (Lipinski definition) is 6. The fourth-order valence-corrected chi connectivity index (χ4v) is 5.53. The minimum absolute atomic E-state index is 0.0849. The molecular weight excluding hydrogens is 551 g/mol. The molecule has 0 saturated heterocycles. The van der Waals surface area contributed by atoms with Gasteiger partial charge in [0.05, 0.1) is 0 Å². The average Bonchev–Trinajstić information content (AvgIpc) is 2.97. The summed E-state index contributed by atoms with van der Waals surface area (Å²) < 4.78 is 29.8. The molecule has 0 spiro atoms. The Balaban J connectivity index is 1.44. The van der Waals surface area contributed by atoms with Crippen LogP contribution in [0.5, 0.6) is 17.2 Å². The van der Waals surface area contributed by atoms with Gasteiger partial charge in [0.1, 0.15) is 0 Å². The van der Waals surface area contributed by atoms with Gasteiger partial charge in [-0.1, -0.05) is 0 Å². The molecule has 0 heterocycles. The quantitative estimate of drug-likeness (QED) is 0.165. The van der Waals surface area contributed by atoms with Crippen LogP contribution in [0.2, 0.25) is 0 Å². The van der Waals surface area contributed by atoms with Crippen molar-refractivity contribution in [1.82, 2.24) is 0 Å². The Bertz CT molecular complexity index is 1410. The maximum atomic E-state index is 13.0. The molecule has 0 aliphatic heterocycles. The molecule has 0 saturated carbocycles. The summed E-state index contributed by atoms with van der Waals surface area (Å²) in [5.74, 6) is 1.46. The molecule has 0 aliphatic carbocycles. The Hall–Kier alpha value is -3.78. The Labute approximate surface area is 239 Å². The third-order valence-corrected chi connectivity index (χ3v) is 8.12. The van der Waals surface area contributed by atoms with Crippen molar-refractivity contribution in [3.63, 3.8) is 0 Å². The number of rotatable bonds is 12. The van der Waals surface area contributed by atoms with Crippen LogP contribution in [0.15, 0.2) is 97.1 Å². The van der Waals surface area contributed by atoms with Crippen molar-refractivity contribution in [3.8, 4) is 17.2 Å². The van der Waals surface area contributed by atoms with Gasteiger partial charge in [-0.2, -0.15) is 0 Å². The number of ether oxygens (including phenoxy) is 2. The summed E-state index contributed by atoms with van der Waals surface area (Å²) in [6.07, 6.45) is 2.11. The van der Waals surface area contributed by atoms with Crippen LogP contribution in [0, 0.1) is 0 Å². The van der Waals surface area contributed by atoms with Gasteiger partial charge >= 0.3 is 229 Å². The summed E-state index contributed by atoms with van der Waals surface area (Å²) >= 11 is -2.05. The number of carbonyl (C=O) groups excluding carboxylic acids is 1. The number of aliphatic hydroxyl groups excluding tert-OH is 1. The number of carbonyl (C=O) groups is 1. The number of hydrogen-bond donors (Lipinski definition) is 1. The third kappa shape index (κ3) is 7.44. The summed E-state index contributed by atoms with van der Waals surface area (Å²) in [5, 5.41) is 9.51. The summed E-state index contributed by atoms with van der Waals surface area (Å²) in [6, 6.07) is 30.6. The van der Waals surface area contributed by atoms with Gasteiger partial charge in [0.2, 0.25) is 0 Å². The summed E-state index contributed by atoms with van der Waals surface area (Å²) in [5.41, 5.74) is 3.96. The first-order valence-electron chi connectivity index (χ1n) is 13.0. The molecule has 0 amide bonds. The van der Waals surface area contributed by atoms with E-state index in [1.807, 2.05) is 84.9 Å². The van der Waals surface area contributed by atoms with Crippen LogP contribution in [0.25, 0.3) is 0 Å². The van der Waals surface area contributed by atoms with Gasteiger partial charge in [0, 0.05) is 6.92 Å². The fourth-order valence-electron chi connectivity index (χ4n) is 4.59. The predicted molar refractivity (Wildman–Crippen MR) is 150 cm³/mol. The summed E-state index contributed by atoms with van der Waals surface area (Å²) in [4.78, 5) is 11.3. The minimum atomic E-state index is -2.05. The topological polar surface area (TPSA) is 82.1 Å². The molecule has 0 aliphatic rings. The molecule has 0 fully saturated rings. The van der Waals surface area contributed by atoms with E-state index in [-0.39, 0.29) is 12.6 Å². The Morgan fingerprint density at radius 3 is 1.77 bits per heavy atom. The van der Waals surface area contributed by atoms with Crippen molar-refractivity contribution in [2.45, 2.75) is 38.5 Å². The van der Waals surface area contributed by atoms with E-state index in [9.17, 15) is 13.8 Å². The molecule has 6 nitrogen and oxygen atoms in total. The summed E-state index contributed by atoms with van der Waals surface area (Å²) in [7, 11) is 1.65. The molecule has 40 heavy (non-hydrogen) atoms. The monoisotopic (exact) mass is 585 g/mol. The van der Waals surface area contributed by atoms with Crippen molar-refractivity contribution in [1.29, 1.82) is 0 Å². The number of aliphatic hydroxyl groups is 1. The second-order valence-electron chi connectivity index (χ2n) is 9.69. The molecule has 211 valence electrons. The van der Waals surface area contributed by atoms with Gasteiger partial charge in [-0.15, -0.1) is 0 Å². The number of methoxy groups -OCH3 is 1. The normalized spacial score (nSPS) is 12.8. The molecular formula is C33H34CoO6. The van der Waals surface area contributed by atoms with E-state index in [4.69, 9.17) is 13.3 Å². The Kier molecular flexibility index (Phi) is 9.87. The molecule has 1 atom stereocenters. The first-order valence-corrected chi connectivity index (χ1v) is 14.4. The van der Waals surface area contributed by atoms with Crippen LogP contribution < -0.4 is 17.8 Å². The predicted octanol–water partition coefficient (Wildman–Crippen LogP) is 5.87. The van der Waals surface area contributed by atoms with Crippen molar-refractivity contribution in [2.24, 2.45) is 0 Å². The van der Waals surface area contributed by atoms with Crippen molar-refractivity contribution >= 4 is 10.5 Å². The summed E-state index contributed by atoms with van der Waals surface area (Å²) in [6.45, 7) is 3.57. The Morgan fingerprint density at radius 2 is 1.27 bits per heavy atom. The SMILES string of the molecule is COc1ccc(Cc2cc[c]([Co](=[O])[O]c3ccc(C(C)(CCCO)c4ccc(OC(C)=O)cc4)cc3)cc2)cc1. The van der Waals surface area contributed by atoms with E-state index >= 15 is 0 Å². The van der Waals surface area contributed by atoms with Crippen molar-refractivity contribution in [3.05, 3.63) is 119 Å². The van der Waals surface area contributed by atoms with Crippen molar-refractivity contribution < 1.29 is 41.0 Å². The second-order valence-corrected chi connectivity index (χ2v) is 11.1. The number of benzene rings is 4. The van der Waals surface area contributed by atoms with E-state index in [1.165, 1.54) is 12.5 Å². The first-order chi connectivity index (χ1) is 19.3. The molecule has 0 aromatic heterocycles. The molecule has 0 bridgehead atoms. The van der Waals surface area contributed by atoms with Gasteiger partial charge in [-0.25, -0.2) is 0 Å². The van der Waals surface area contributed by atoms with Gasteiger partial charge < -0.3 is 0 Å². The zero-order chi connectivity index (χ0) is 28.5. The zero-order valence-electron chi connectivity index (χ0n) is 22.9. The van der Waals surface area contributed by atoms with Crippen LogP contribution >= 0.6 is 0 Å². The molecule has 0 radical (unpaired) electrons. The zero-order valence-corrected chi connectivity index (χ0v) is 23.9. The molecule has 7 heteroatoms. The maximum absolute atomic E-state index is 13.0. The molecule has 1 unspecified atom stereocenters. The van der Waals surface area contributed by atoms with Gasteiger partial charge in [-0.3, -0.25) is 4.79 Å². The van der Waals surface area contributed by atoms with E-state index in [0.29, 0.717) is 28.8 Å². The second kappa shape index (κ2) is 13.5. The van der Waals surface area contributed by atoms with E-state index < -0.39 is 19.3 Å². The first kappa shape index (κ1) is 29.2. The van der Waals surface area contributed by atoms with Gasteiger partial charge in [-0.05, 0) is 0 Å². The fraction of sp³-hybridized carbons (Fsp3) is 0.242. The van der Waals surface area contributed by atoms with Crippen LogP contribution in [0.1, 0.15) is 48.9 Å². The van der Waals surface area contributed by atoms with Crippen molar-refractivity contribution in [2.75, 3.05) is 13.7 Å². The molecule has 4 rings (SSSR count). The van der Waals surface area contributed by atoms with Gasteiger partial charge in [0.25, 0.3) is 0 Å².